The van der Waals surface area contributed by atoms with E-state index in [2.05, 4.69) is 15.5 Å². The van der Waals surface area contributed by atoms with Gasteiger partial charge in [-0.2, -0.15) is 5.10 Å². The van der Waals surface area contributed by atoms with Gasteiger partial charge in [0.25, 0.3) is 0 Å². The molecule has 4 N–H and O–H groups in total. The van der Waals surface area contributed by atoms with E-state index in [1.165, 1.54) is 0 Å². The normalized spacial score (nSPS) is 19.2. The summed E-state index contributed by atoms with van der Waals surface area (Å²) in [5, 5.41) is 9.81. The maximum absolute atomic E-state index is 11.5. The molecule has 1 aromatic heterocycles. The number of rotatable bonds is 2. The molecule has 0 aromatic carbocycles. The third kappa shape index (κ3) is 1.68. The lowest BCUT2D eigenvalue weighted by atomic mass is 10.1. The molecule has 2 rings (SSSR count). The second-order valence-electron chi connectivity index (χ2n) is 3.40. The number of aromatic nitrogens is 2. The molecule has 15 heavy (non-hydrogen) atoms. The first-order chi connectivity index (χ1) is 7.24. The number of nitrogens with two attached hydrogens (primary N) is 1. The molecule has 0 spiro atoms. The van der Waals surface area contributed by atoms with Gasteiger partial charge in [-0.1, -0.05) is 0 Å². The molecule has 1 aliphatic rings. The van der Waals surface area contributed by atoms with E-state index in [1.54, 1.807) is 6.92 Å². The van der Waals surface area contributed by atoms with Crippen molar-refractivity contribution in [3.8, 4) is 0 Å². The molecule has 0 unspecified atom stereocenters. The third-order valence-corrected chi connectivity index (χ3v) is 2.39. The molecule has 0 fully saturated rings. The van der Waals surface area contributed by atoms with Gasteiger partial charge in [-0.05, 0) is 13.3 Å². The van der Waals surface area contributed by atoms with Crippen molar-refractivity contribution in [2.24, 2.45) is 5.73 Å². The number of nitrogens with one attached hydrogen (secondary N) is 2. The van der Waals surface area contributed by atoms with Crippen LogP contribution in [0.2, 0.25) is 0 Å². The summed E-state index contributed by atoms with van der Waals surface area (Å²) in [6.07, 6.45) is 0.831. The average Bonchev–Trinajstić information content (AvgIpc) is 2.63. The van der Waals surface area contributed by atoms with Crippen LogP contribution in [-0.4, -0.2) is 29.3 Å². The Morgan fingerprint density at radius 3 is 3.27 bits per heavy atom. The number of hydrogen-bond acceptors (Lipinski definition) is 5. The van der Waals surface area contributed by atoms with Gasteiger partial charge in [-0.15, -0.1) is 0 Å². The quantitative estimate of drug-likeness (QED) is 0.614. The van der Waals surface area contributed by atoms with E-state index in [0.717, 1.165) is 18.7 Å². The summed E-state index contributed by atoms with van der Waals surface area (Å²) in [6.45, 7) is 2.85. The molecule has 1 aliphatic heterocycles. The maximum atomic E-state index is 11.5. The summed E-state index contributed by atoms with van der Waals surface area (Å²) < 4.78 is 4.89. The zero-order chi connectivity index (χ0) is 10.8. The SMILES string of the molecule is CCOC(=O)c1n[nH]c2c1NCC[C@@H]2N. The van der Waals surface area contributed by atoms with Crippen LogP contribution in [0.15, 0.2) is 0 Å². The Hall–Kier alpha value is -1.56. The van der Waals surface area contributed by atoms with E-state index in [1.807, 2.05) is 0 Å². The number of hydrogen-bond donors (Lipinski definition) is 3. The molecule has 82 valence electrons. The smallest absolute Gasteiger partial charge is 0.361 e. The monoisotopic (exact) mass is 210 g/mol. The van der Waals surface area contributed by atoms with Gasteiger partial charge in [0.2, 0.25) is 0 Å². The van der Waals surface area contributed by atoms with Crippen LogP contribution in [0.5, 0.6) is 0 Å². The minimum Gasteiger partial charge on any atom is -0.461 e. The van der Waals surface area contributed by atoms with Crippen molar-refractivity contribution < 1.29 is 9.53 Å². The Morgan fingerprint density at radius 1 is 1.73 bits per heavy atom. The second kappa shape index (κ2) is 3.90. The minimum atomic E-state index is -0.420. The van der Waals surface area contributed by atoms with Crippen molar-refractivity contribution in [3.63, 3.8) is 0 Å². The fourth-order valence-electron chi connectivity index (χ4n) is 1.65. The predicted molar refractivity (Wildman–Crippen MR) is 54.6 cm³/mol. The van der Waals surface area contributed by atoms with Crippen LogP contribution >= 0.6 is 0 Å². The van der Waals surface area contributed by atoms with E-state index in [-0.39, 0.29) is 6.04 Å². The van der Waals surface area contributed by atoms with Gasteiger partial charge in [0.1, 0.15) is 0 Å². The number of H-pyrrole nitrogens is 1. The molecule has 1 aromatic rings. The molecule has 6 nitrogen and oxygen atoms in total. The average molecular weight is 210 g/mol. The van der Waals surface area contributed by atoms with Crippen LogP contribution in [0.4, 0.5) is 5.69 Å². The highest BCUT2D eigenvalue weighted by molar-refractivity contribution is 5.94. The molecule has 2 heterocycles. The van der Waals surface area contributed by atoms with Crippen LogP contribution in [0.25, 0.3) is 0 Å². The van der Waals surface area contributed by atoms with Gasteiger partial charge >= 0.3 is 5.97 Å². The summed E-state index contributed by atoms with van der Waals surface area (Å²) in [5.74, 6) is -0.420. The number of esters is 1. The Balaban J connectivity index is 2.30. The van der Waals surface area contributed by atoms with E-state index in [4.69, 9.17) is 10.5 Å². The lowest BCUT2D eigenvalue weighted by Gasteiger charge is -2.19. The molecular formula is C9H14N4O2. The summed E-state index contributed by atoms with van der Waals surface area (Å²) >= 11 is 0. The zero-order valence-electron chi connectivity index (χ0n) is 8.54. The van der Waals surface area contributed by atoms with Crippen molar-refractivity contribution in [1.29, 1.82) is 0 Å². The van der Waals surface area contributed by atoms with E-state index in [9.17, 15) is 4.79 Å². The molecule has 0 saturated heterocycles. The molecule has 0 aliphatic carbocycles. The Bertz CT molecular complexity index is 374. The molecule has 0 bridgehead atoms. The topological polar surface area (TPSA) is 93.0 Å². The number of fused-ring (bicyclic) bond motifs is 1. The first-order valence-corrected chi connectivity index (χ1v) is 4.99. The highest BCUT2D eigenvalue weighted by atomic mass is 16.5. The third-order valence-electron chi connectivity index (χ3n) is 2.39. The van der Waals surface area contributed by atoms with Crippen LogP contribution < -0.4 is 11.1 Å². The molecular weight excluding hydrogens is 196 g/mol. The molecule has 1 atom stereocenters. The second-order valence-corrected chi connectivity index (χ2v) is 3.40. The Kier molecular flexibility index (Phi) is 2.59. The fourth-order valence-corrected chi connectivity index (χ4v) is 1.65. The fraction of sp³-hybridized carbons (Fsp3) is 0.556. The van der Waals surface area contributed by atoms with Crippen molar-refractivity contribution in [1.82, 2.24) is 10.2 Å². The van der Waals surface area contributed by atoms with E-state index < -0.39 is 5.97 Å². The lowest BCUT2D eigenvalue weighted by Crippen LogP contribution is -2.23. The number of carbonyl (C=O) groups excluding carboxylic acids is 1. The van der Waals surface area contributed by atoms with Crippen LogP contribution in [0.3, 0.4) is 0 Å². The number of carbonyl (C=O) groups is 1. The van der Waals surface area contributed by atoms with Crippen molar-refractivity contribution in [3.05, 3.63) is 11.4 Å². The van der Waals surface area contributed by atoms with Crippen LogP contribution in [-0.2, 0) is 4.74 Å². The number of anilines is 1. The number of ether oxygens (including phenoxy) is 1. The van der Waals surface area contributed by atoms with Gasteiger partial charge in [-0.3, -0.25) is 5.10 Å². The number of aromatic amines is 1. The Morgan fingerprint density at radius 2 is 2.53 bits per heavy atom. The van der Waals surface area contributed by atoms with Gasteiger partial charge in [0.05, 0.1) is 24.0 Å². The highest BCUT2D eigenvalue weighted by Crippen LogP contribution is 2.29. The first-order valence-electron chi connectivity index (χ1n) is 4.99. The number of nitrogens with zero attached hydrogens (tertiary/aromatic N) is 1. The highest BCUT2D eigenvalue weighted by Gasteiger charge is 2.26. The maximum Gasteiger partial charge on any atom is 0.361 e. The standard InChI is InChI=1S/C9H14N4O2/c1-2-15-9(14)8-7-6(12-13-8)5(10)3-4-11-7/h5,11H,2-4,10H2,1H3,(H,12,13)/t5-/m0/s1. The minimum absolute atomic E-state index is 0.0862. The van der Waals surface area contributed by atoms with Crippen LogP contribution in [0, 0.1) is 0 Å². The molecule has 0 amide bonds. The summed E-state index contributed by atoms with van der Waals surface area (Å²) in [6, 6.07) is -0.0862. The summed E-state index contributed by atoms with van der Waals surface area (Å²) in [7, 11) is 0. The van der Waals surface area contributed by atoms with Gasteiger partial charge in [0.15, 0.2) is 5.69 Å². The van der Waals surface area contributed by atoms with E-state index in [0.29, 0.717) is 18.0 Å². The first kappa shape index (κ1) is 9.97. The molecule has 0 saturated carbocycles. The summed E-state index contributed by atoms with van der Waals surface area (Å²) in [5.41, 5.74) is 7.63. The van der Waals surface area contributed by atoms with Gasteiger partial charge in [-0.25, -0.2) is 4.79 Å². The zero-order valence-corrected chi connectivity index (χ0v) is 8.54. The van der Waals surface area contributed by atoms with Crippen molar-refractivity contribution >= 4 is 11.7 Å². The lowest BCUT2D eigenvalue weighted by molar-refractivity contribution is 0.0520. The van der Waals surface area contributed by atoms with Crippen molar-refractivity contribution in [2.45, 2.75) is 19.4 Å². The molecule has 6 heteroatoms. The summed E-state index contributed by atoms with van der Waals surface area (Å²) in [4.78, 5) is 11.5. The van der Waals surface area contributed by atoms with Crippen LogP contribution in [0.1, 0.15) is 35.6 Å². The van der Waals surface area contributed by atoms with Crippen molar-refractivity contribution in [2.75, 3.05) is 18.5 Å². The predicted octanol–water partition coefficient (Wildman–Crippen LogP) is 0.402. The van der Waals surface area contributed by atoms with Gasteiger partial charge < -0.3 is 15.8 Å². The largest absolute Gasteiger partial charge is 0.461 e. The van der Waals surface area contributed by atoms with E-state index >= 15 is 0 Å². The molecule has 0 radical (unpaired) electrons. The van der Waals surface area contributed by atoms with Gasteiger partial charge in [0, 0.05) is 6.54 Å². The Labute approximate surface area is 87.2 Å².